The van der Waals surface area contributed by atoms with E-state index in [9.17, 15) is 0 Å². The van der Waals surface area contributed by atoms with Crippen molar-refractivity contribution in [2.75, 3.05) is 20.3 Å². The number of hydrogen-bond donors (Lipinski definition) is 1. The van der Waals surface area contributed by atoms with Gasteiger partial charge in [-0.1, -0.05) is 6.42 Å². The van der Waals surface area contributed by atoms with E-state index in [-0.39, 0.29) is 0 Å². The summed E-state index contributed by atoms with van der Waals surface area (Å²) >= 11 is 0. The highest BCUT2D eigenvalue weighted by Gasteiger charge is 2.22. The molecular formula is C14H27NO2. The Bertz CT molecular complexity index is 204. The Morgan fingerprint density at radius 1 is 1.06 bits per heavy atom. The van der Waals surface area contributed by atoms with Crippen molar-refractivity contribution in [2.24, 2.45) is 0 Å². The summed E-state index contributed by atoms with van der Waals surface area (Å²) in [5.41, 5.74) is 0. The third-order valence-electron chi connectivity index (χ3n) is 4.14. The van der Waals surface area contributed by atoms with Crippen molar-refractivity contribution in [1.29, 1.82) is 0 Å². The van der Waals surface area contributed by atoms with E-state index in [1.54, 1.807) is 0 Å². The number of piperidine rings is 1. The van der Waals surface area contributed by atoms with Crippen molar-refractivity contribution in [3.8, 4) is 0 Å². The molecule has 1 aliphatic heterocycles. The van der Waals surface area contributed by atoms with Crippen LogP contribution in [-0.2, 0) is 9.47 Å². The van der Waals surface area contributed by atoms with Crippen molar-refractivity contribution >= 4 is 0 Å². The molecule has 100 valence electrons. The van der Waals surface area contributed by atoms with E-state index in [4.69, 9.17) is 9.47 Å². The van der Waals surface area contributed by atoms with Crippen LogP contribution in [0.3, 0.4) is 0 Å². The Kier molecular flexibility index (Phi) is 5.75. The van der Waals surface area contributed by atoms with Crippen LogP contribution in [0.5, 0.6) is 0 Å². The number of hydrogen-bond acceptors (Lipinski definition) is 3. The first kappa shape index (κ1) is 13.3. The molecule has 1 N–H and O–H groups in total. The third-order valence-corrected chi connectivity index (χ3v) is 4.14. The van der Waals surface area contributed by atoms with Gasteiger partial charge >= 0.3 is 0 Å². The minimum Gasteiger partial charge on any atom is -0.381 e. The monoisotopic (exact) mass is 241 g/mol. The van der Waals surface area contributed by atoms with Crippen LogP contribution in [0.25, 0.3) is 0 Å². The fourth-order valence-electron chi connectivity index (χ4n) is 3.01. The fraction of sp³-hybridized carbons (Fsp3) is 1.00. The van der Waals surface area contributed by atoms with Crippen LogP contribution in [0, 0.1) is 0 Å². The second-order valence-electron chi connectivity index (χ2n) is 5.45. The molecule has 0 spiro atoms. The first-order valence-corrected chi connectivity index (χ1v) is 7.26. The van der Waals surface area contributed by atoms with Crippen LogP contribution in [0.15, 0.2) is 0 Å². The number of rotatable bonds is 5. The van der Waals surface area contributed by atoms with E-state index in [0.29, 0.717) is 18.2 Å². The van der Waals surface area contributed by atoms with Gasteiger partial charge in [-0.2, -0.15) is 0 Å². The molecule has 17 heavy (non-hydrogen) atoms. The summed E-state index contributed by atoms with van der Waals surface area (Å²) in [6.07, 6.45) is 10.9. The average Bonchev–Trinajstić information content (AvgIpc) is 2.40. The highest BCUT2D eigenvalue weighted by Crippen LogP contribution is 2.23. The molecular weight excluding hydrogens is 214 g/mol. The van der Waals surface area contributed by atoms with E-state index in [1.165, 1.54) is 51.5 Å². The quantitative estimate of drug-likeness (QED) is 0.802. The second-order valence-corrected chi connectivity index (χ2v) is 5.45. The Hall–Kier alpha value is -0.120. The minimum atomic E-state index is 0.432. The van der Waals surface area contributed by atoms with Crippen LogP contribution in [0.1, 0.15) is 51.4 Å². The van der Waals surface area contributed by atoms with Crippen LogP contribution < -0.4 is 5.32 Å². The molecule has 0 aromatic carbocycles. The molecule has 0 amide bonds. The summed E-state index contributed by atoms with van der Waals surface area (Å²) in [4.78, 5) is 0. The Balaban J connectivity index is 1.57. The van der Waals surface area contributed by atoms with Gasteiger partial charge in [-0.25, -0.2) is 0 Å². The molecule has 3 nitrogen and oxygen atoms in total. The summed E-state index contributed by atoms with van der Waals surface area (Å²) in [5.74, 6) is 0. The highest BCUT2D eigenvalue weighted by molar-refractivity contribution is 4.75. The number of ether oxygens (including phenoxy) is 2. The van der Waals surface area contributed by atoms with Gasteiger partial charge in [-0.15, -0.1) is 0 Å². The zero-order valence-electron chi connectivity index (χ0n) is 11.1. The lowest BCUT2D eigenvalue weighted by atomic mass is 9.95. The van der Waals surface area contributed by atoms with E-state index in [1.807, 2.05) is 7.11 Å². The predicted molar refractivity (Wildman–Crippen MR) is 69.3 cm³/mol. The molecule has 2 fully saturated rings. The number of nitrogens with one attached hydrogen (secondary N) is 1. The van der Waals surface area contributed by atoms with Gasteiger partial charge in [0.25, 0.3) is 0 Å². The molecule has 1 heterocycles. The molecule has 0 aromatic rings. The third kappa shape index (κ3) is 4.57. The van der Waals surface area contributed by atoms with Gasteiger partial charge in [0.1, 0.15) is 0 Å². The summed E-state index contributed by atoms with van der Waals surface area (Å²) < 4.78 is 11.4. The highest BCUT2D eigenvalue weighted by atomic mass is 16.5. The predicted octanol–water partition coefficient (Wildman–Crippen LogP) is 2.49. The fourth-order valence-corrected chi connectivity index (χ4v) is 3.01. The molecule has 3 unspecified atom stereocenters. The molecule has 3 heteroatoms. The average molecular weight is 241 g/mol. The van der Waals surface area contributed by atoms with Gasteiger partial charge in [-0.3, -0.25) is 0 Å². The Morgan fingerprint density at radius 3 is 2.71 bits per heavy atom. The lowest BCUT2D eigenvalue weighted by Crippen LogP contribution is -2.35. The molecule has 1 saturated heterocycles. The molecule has 2 aliphatic rings. The second kappa shape index (κ2) is 7.34. The topological polar surface area (TPSA) is 30.5 Å². The molecule has 1 aliphatic carbocycles. The van der Waals surface area contributed by atoms with E-state index >= 15 is 0 Å². The lowest BCUT2D eigenvalue weighted by molar-refractivity contribution is -0.0319. The van der Waals surface area contributed by atoms with Crippen LogP contribution in [-0.4, -0.2) is 38.5 Å². The molecule has 0 bridgehead atoms. The van der Waals surface area contributed by atoms with Gasteiger partial charge in [0.2, 0.25) is 0 Å². The van der Waals surface area contributed by atoms with Gasteiger partial charge in [-0.05, 0) is 51.5 Å². The zero-order chi connectivity index (χ0) is 11.9. The molecule has 3 atom stereocenters. The normalized spacial score (nSPS) is 34.8. The van der Waals surface area contributed by atoms with E-state index < -0.39 is 0 Å². The van der Waals surface area contributed by atoms with E-state index in [0.717, 1.165) is 13.0 Å². The van der Waals surface area contributed by atoms with Crippen LogP contribution in [0.4, 0.5) is 0 Å². The number of methoxy groups -OCH3 is 1. The first-order valence-electron chi connectivity index (χ1n) is 7.26. The van der Waals surface area contributed by atoms with Crippen LogP contribution >= 0.6 is 0 Å². The largest absolute Gasteiger partial charge is 0.381 e. The molecule has 2 rings (SSSR count). The smallest absolute Gasteiger partial charge is 0.0599 e. The maximum absolute atomic E-state index is 6.00. The molecule has 0 radical (unpaired) electrons. The maximum Gasteiger partial charge on any atom is 0.0599 e. The van der Waals surface area contributed by atoms with Crippen molar-refractivity contribution in [3.63, 3.8) is 0 Å². The van der Waals surface area contributed by atoms with Crippen LogP contribution in [0.2, 0.25) is 0 Å². The maximum atomic E-state index is 6.00. The standard InChI is InChI=1S/C14H27NO2/c1-16-13-6-4-7-14(11-13)17-10-8-12-5-2-3-9-15-12/h12-15H,2-11H2,1H3. The Morgan fingerprint density at radius 2 is 1.94 bits per heavy atom. The zero-order valence-corrected chi connectivity index (χ0v) is 11.1. The van der Waals surface area contributed by atoms with Crippen molar-refractivity contribution in [2.45, 2.75) is 69.6 Å². The summed E-state index contributed by atoms with van der Waals surface area (Å²) in [5, 5.41) is 3.57. The van der Waals surface area contributed by atoms with Gasteiger partial charge < -0.3 is 14.8 Å². The van der Waals surface area contributed by atoms with E-state index in [2.05, 4.69) is 5.32 Å². The van der Waals surface area contributed by atoms with Crippen molar-refractivity contribution in [3.05, 3.63) is 0 Å². The summed E-state index contributed by atoms with van der Waals surface area (Å²) in [6, 6.07) is 0.700. The van der Waals surface area contributed by atoms with Gasteiger partial charge in [0, 0.05) is 19.8 Å². The minimum absolute atomic E-state index is 0.432. The van der Waals surface area contributed by atoms with Gasteiger partial charge in [0.15, 0.2) is 0 Å². The summed E-state index contributed by atoms with van der Waals surface area (Å²) in [6.45, 7) is 2.11. The Labute approximate surface area is 105 Å². The first-order chi connectivity index (χ1) is 8.38. The summed E-state index contributed by atoms with van der Waals surface area (Å²) in [7, 11) is 1.82. The molecule has 1 saturated carbocycles. The molecule has 0 aromatic heterocycles. The SMILES string of the molecule is COC1CCCC(OCCC2CCCCN2)C1. The lowest BCUT2D eigenvalue weighted by Gasteiger charge is -2.29. The van der Waals surface area contributed by atoms with Crippen molar-refractivity contribution in [1.82, 2.24) is 5.32 Å². The van der Waals surface area contributed by atoms with Gasteiger partial charge in [0.05, 0.1) is 12.2 Å². The van der Waals surface area contributed by atoms with Crippen molar-refractivity contribution < 1.29 is 9.47 Å².